The van der Waals surface area contributed by atoms with Gasteiger partial charge in [0.1, 0.15) is 5.41 Å². The van der Waals surface area contributed by atoms with Crippen molar-refractivity contribution < 1.29 is 18.1 Å². The molecule has 1 aliphatic heterocycles. The SMILES string of the molecule is O=[N+]([O-])c1cccc([C@]2(C(F)(F)F)CCNC2)c1. The molecule has 1 heterocycles. The second kappa shape index (κ2) is 4.24. The molecule has 1 N–H and O–H groups in total. The van der Waals surface area contributed by atoms with Crippen LogP contribution in [-0.2, 0) is 5.41 Å². The lowest BCUT2D eigenvalue weighted by Gasteiger charge is -2.31. The quantitative estimate of drug-likeness (QED) is 0.656. The van der Waals surface area contributed by atoms with Crippen molar-refractivity contribution in [3.63, 3.8) is 0 Å². The van der Waals surface area contributed by atoms with E-state index in [1.54, 1.807) is 0 Å². The van der Waals surface area contributed by atoms with Crippen LogP contribution in [0.5, 0.6) is 0 Å². The third-order valence-electron chi connectivity index (χ3n) is 3.31. The lowest BCUT2D eigenvalue weighted by atomic mass is 9.79. The minimum Gasteiger partial charge on any atom is -0.315 e. The summed E-state index contributed by atoms with van der Waals surface area (Å²) >= 11 is 0. The monoisotopic (exact) mass is 260 g/mol. The fourth-order valence-corrected chi connectivity index (χ4v) is 2.26. The molecule has 7 heteroatoms. The third kappa shape index (κ3) is 1.94. The Morgan fingerprint density at radius 3 is 2.61 bits per heavy atom. The molecule has 0 bridgehead atoms. The van der Waals surface area contributed by atoms with Crippen LogP contribution in [0.2, 0.25) is 0 Å². The van der Waals surface area contributed by atoms with Gasteiger partial charge >= 0.3 is 6.18 Å². The number of rotatable bonds is 2. The van der Waals surface area contributed by atoms with Crippen LogP contribution in [0, 0.1) is 10.1 Å². The van der Waals surface area contributed by atoms with Gasteiger partial charge in [-0.3, -0.25) is 10.1 Å². The van der Waals surface area contributed by atoms with Gasteiger partial charge in [0.25, 0.3) is 5.69 Å². The fraction of sp³-hybridized carbons (Fsp3) is 0.455. The minimum atomic E-state index is -4.42. The number of halogens is 3. The van der Waals surface area contributed by atoms with Gasteiger partial charge in [0.05, 0.1) is 4.92 Å². The molecule has 1 atom stereocenters. The zero-order valence-electron chi connectivity index (χ0n) is 9.33. The topological polar surface area (TPSA) is 55.2 Å². The van der Waals surface area contributed by atoms with E-state index in [9.17, 15) is 23.3 Å². The van der Waals surface area contributed by atoms with Gasteiger partial charge in [-0.2, -0.15) is 13.2 Å². The third-order valence-corrected chi connectivity index (χ3v) is 3.31. The molecule has 0 spiro atoms. The first-order valence-electron chi connectivity index (χ1n) is 5.39. The summed E-state index contributed by atoms with van der Waals surface area (Å²) in [4.78, 5) is 9.95. The summed E-state index contributed by atoms with van der Waals surface area (Å²) in [6.07, 6.45) is -4.52. The first-order valence-corrected chi connectivity index (χ1v) is 5.39. The van der Waals surface area contributed by atoms with Crippen molar-refractivity contribution in [3.8, 4) is 0 Å². The van der Waals surface area contributed by atoms with E-state index in [1.165, 1.54) is 18.2 Å². The maximum atomic E-state index is 13.2. The van der Waals surface area contributed by atoms with Crippen LogP contribution in [0.1, 0.15) is 12.0 Å². The van der Waals surface area contributed by atoms with Gasteiger partial charge in [-0.05, 0) is 18.5 Å². The van der Waals surface area contributed by atoms with E-state index in [1.807, 2.05) is 0 Å². The summed E-state index contributed by atoms with van der Waals surface area (Å²) in [5.74, 6) is 0. The molecule has 0 unspecified atom stereocenters. The van der Waals surface area contributed by atoms with E-state index in [-0.39, 0.29) is 30.8 Å². The van der Waals surface area contributed by atoms with Crippen LogP contribution in [0.15, 0.2) is 24.3 Å². The van der Waals surface area contributed by atoms with E-state index in [4.69, 9.17) is 0 Å². The van der Waals surface area contributed by atoms with Gasteiger partial charge < -0.3 is 5.32 Å². The Bertz CT molecular complexity index is 468. The number of hydrogen-bond donors (Lipinski definition) is 1. The highest BCUT2D eigenvalue weighted by Gasteiger charge is 2.57. The molecule has 0 aromatic heterocycles. The Kier molecular flexibility index (Phi) is 3.02. The Labute approximate surface area is 101 Å². The molecule has 1 aliphatic rings. The molecule has 0 aliphatic carbocycles. The maximum absolute atomic E-state index is 13.2. The zero-order valence-corrected chi connectivity index (χ0v) is 9.33. The molecule has 1 saturated heterocycles. The van der Waals surface area contributed by atoms with Gasteiger partial charge in [0.15, 0.2) is 0 Å². The van der Waals surface area contributed by atoms with Crippen LogP contribution >= 0.6 is 0 Å². The molecule has 4 nitrogen and oxygen atoms in total. The molecule has 1 fully saturated rings. The first-order chi connectivity index (χ1) is 8.37. The average Bonchev–Trinajstić information content (AvgIpc) is 2.78. The fourth-order valence-electron chi connectivity index (χ4n) is 2.26. The Morgan fingerprint density at radius 2 is 2.11 bits per heavy atom. The van der Waals surface area contributed by atoms with E-state index in [0.29, 0.717) is 0 Å². The molecule has 2 rings (SSSR count). The van der Waals surface area contributed by atoms with Crippen molar-refractivity contribution in [2.75, 3.05) is 13.1 Å². The predicted octanol–water partition coefficient (Wildman–Crippen LogP) is 2.39. The van der Waals surface area contributed by atoms with Crippen molar-refractivity contribution in [1.82, 2.24) is 5.32 Å². The summed E-state index contributed by atoms with van der Waals surface area (Å²) in [6.45, 7) is 0.0138. The first kappa shape index (κ1) is 12.8. The second-order valence-electron chi connectivity index (χ2n) is 4.31. The summed E-state index contributed by atoms with van der Waals surface area (Å²) in [6, 6.07) is 4.79. The molecular formula is C11H11F3N2O2. The number of nitrogens with one attached hydrogen (secondary N) is 1. The van der Waals surface area contributed by atoms with Gasteiger partial charge in [-0.25, -0.2) is 0 Å². The lowest BCUT2D eigenvalue weighted by Crippen LogP contribution is -2.44. The molecule has 18 heavy (non-hydrogen) atoms. The number of benzene rings is 1. The minimum absolute atomic E-state index is 0.0470. The number of non-ortho nitro benzene ring substituents is 1. The zero-order chi connectivity index (χ0) is 13.4. The van der Waals surface area contributed by atoms with Crippen molar-refractivity contribution in [2.24, 2.45) is 0 Å². The summed E-state index contributed by atoms with van der Waals surface area (Å²) in [5.41, 5.74) is -2.38. The van der Waals surface area contributed by atoms with E-state index < -0.39 is 16.5 Å². The molecule has 98 valence electrons. The number of nitro groups is 1. The molecule has 1 aromatic rings. The van der Waals surface area contributed by atoms with Crippen LogP contribution in [0.3, 0.4) is 0 Å². The highest BCUT2D eigenvalue weighted by Crippen LogP contribution is 2.45. The molecule has 1 aromatic carbocycles. The largest absolute Gasteiger partial charge is 0.399 e. The summed E-state index contributed by atoms with van der Waals surface area (Å²) in [7, 11) is 0. The summed E-state index contributed by atoms with van der Waals surface area (Å²) in [5, 5.41) is 13.3. The lowest BCUT2D eigenvalue weighted by molar-refractivity contribution is -0.385. The average molecular weight is 260 g/mol. The van der Waals surface area contributed by atoms with Crippen LogP contribution in [0.4, 0.5) is 18.9 Å². The number of hydrogen-bond acceptors (Lipinski definition) is 3. The highest BCUT2D eigenvalue weighted by atomic mass is 19.4. The Morgan fingerprint density at radius 1 is 1.39 bits per heavy atom. The molecule has 0 saturated carbocycles. The molecule has 0 radical (unpaired) electrons. The van der Waals surface area contributed by atoms with Crippen LogP contribution in [0.25, 0.3) is 0 Å². The number of alkyl halides is 3. The van der Waals surface area contributed by atoms with Gasteiger partial charge in [0.2, 0.25) is 0 Å². The van der Waals surface area contributed by atoms with Gasteiger partial charge in [0, 0.05) is 18.7 Å². The maximum Gasteiger partial charge on any atom is 0.399 e. The molecular weight excluding hydrogens is 249 g/mol. The standard InChI is InChI=1S/C11H11F3N2O2/c12-11(13,14)10(4-5-15-7-10)8-2-1-3-9(6-8)16(17)18/h1-3,6,15H,4-5,7H2/t10-/m0/s1. The van der Waals surface area contributed by atoms with Gasteiger partial charge in [-0.1, -0.05) is 12.1 Å². The van der Waals surface area contributed by atoms with E-state index >= 15 is 0 Å². The van der Waals surface area contributed by atoms with Crippen molar-refractivity contribution >= 4 is 5.69 Å². The summed E-state index contributed by atoms with van der Waals surface area (Å²) < 4.78 is 39.7. The van der Waals surface area contributed by atoms with Crippen molar-refractivity contribution in [2.45, 2.75) is 18.0 Å². The van der Waals surface area contributed by atoms with E-state index in [0.717, 1.165) is 6.07 Å². The number of nitrogens with zero attached hydrogens (tertiary/aromatic N) is 1. The van der Waals surface area contributed by atoms with Crippen molar-refractivity contribution in [3.05, 3.63) is 39.9 Å². The Hall–Kier alpha value is -1.63. The highest BCUT2D eigenvalue weighted by molar-refractivity contribution is 5.40. The second-order valence-corrected chi connectivity index (χ2v) is 4.31. The smallest absolute Gasteiger partial charge is 0.315 e. The number of nitro benzene ring substituents is 1. The Balaban J connectivity index is 2.50. The van der Waals surface area contributed by atoms with Gasteiger partial charge in [-0.15, -0.1) is 0 Å². The van der Waals surface area contributed by atoms with Crippen LogP contribution in [-0.4, -0.2) is 24.2 Å². The predicted molar refractivity (Wildman–Crippen MR) is 58.3 cm³/mol. The molecule has 0 amide bonds. The van der Waals surface area contributed by atoms with E-state index in [2.05, 4.69) is 5.32 Å². The van der Waals surface area contributed by atoms with Crippen LogP contribution < -0.4 is 5.32 Å². The van der Waals surface area contributed by atoms with Crippen molar-refractivity contribution in [1.29, 1.82) is 0 Å². The normalized spacial score (nSPS) is 24.2.